The number of aromatic amines is 1. The molecule has 4 N–H and O–H groups in total. The molecule has 0 saturated carbocycles. The van der Waals surface area contributed by atoms with Gasteiger partial charge in [-0.3, -0.25) is 14.4 Å². The van der Waals surface area contributed by atoms with E-state index in [9.17, 15) is 14.4 Å². The number of ether oxygens (including phenoxy) is 3. The highest BCUT2D eigenvalue weighted by Gasteiger charge is 2.19. The number of carbonyl (C=O) groups excluding carboxylic acids is 1. The largest absolute Gasteiger partial charge is 0.493 e. The van der Waals surface area contributed by atoms with E-state index < -0.39 is 16.9 Å². The summed E-state index contributed by atoms with van der Waals surface area (Å²) in [6, 6.07) is 13.2. The molecule has 2 heterocycles. The second-order valence-electron chi connectivity index (χ2n) is 7.54. The highest BCUT2D eigenvalue weighted by atomic mass is 35.5. The monoisotopic (exact) mass is 513 g/mol. The molecule has 0 aliphatic heterocycles. The summed E-state index contributed by atoms with van der Waals surface area (Å²) in [5.74, 6) is 0.351. The Bertz CT molecular complexity index is 1520. The summed E-state index contributed by atoms with van der Waals surface area (Å²) in [5, 5.41) is 3.23. The number of hydrogen-bond acceptors (Lipinski definition) is 6. The van der Waals surface area contributed by atoms with Crippen molar-refractivity contribution in [3.63, 3.8) is 0 Å². The number of hydrogen-bond donors (Lipinski definition) is 2. The Balaban J connectivity index is 0.00000361. The number of nitrogens with zero attached hydrogens (tertiary/aromatic N) is 1. The van der Waals surface area contributed by atoms with Crippen molar-refractivity contribution >= 4 is 34.2 Å². The molecule has 0 unspecified atom stereocenters. The number of aromatic nitrogens is 2. The van der Waals surface area contributed by atoms with E-state index in [0.29, 0.717) is 33.5 Å². The Morgan fingerprint density at radius 1 is 1.00 bits per heavy atom. The van der Waals surface area contributed by atoms with Crippen molar-refractivity contribution in [2.75, 3.05) is 26.6 Å². The van der Waals surface area contributed by atoms with Gasteiger partial charge < -0.3 is 34.6 Å². The smallest absolute Gasteiger partial charge is 0.261 e. The van der Waals surface area contributed by atoms with Gasteiger partial charge in [-0.05, 0) is 17.7 Å². The Kier molecular flexibility index (Phi) is 8.03. The average molecular weight is 514 g/mol. The van der Waals surface area contributed by atoms with Gasteiger partial charge in [0.05, 0.1) is 26.8 Å². The summed E-state index contributed by atoms with van der Waals surface area (Å²) >= 11 is 6.33. The van der Waals surface area contributed by atoms with Gasteiger partial charge in [0.2, 0.25) is 16.7 Å². The van der Waals surface area contributed by atoms with Crippen LogP contribution in [0.3, 0.4) is 0 Å². The zero-order valence-corrected chi connectivity index (χ0v) is 20.4. The summed E-state index contributed by atoms with van der Waals surface area (Å²) < 4.78 is 17.6. The van der Waals surface area contributed by atoms with E-state index in [1.54, 1.807) is 22.8 Å². The number of methoxy groups -OCH3 is 3. The molecule has 0 saturated heterocycles. The van der Waals surface area contributed by atoms with Crippen LogP contribution in [0.4, 0.5) is 5.69 Å². The number of nitrogens with one attached hydrogen (secondary N) is 2. The fourth-order valence-corrected chi connectivity index (χ4v) is 3.95. The van der Waals surface area contributed by atoms with Crippen LogP contribution < -0.4 is 30.5 Å². The van der Waals surface area contributed by atoms with E-state index in [-0.39, 0.29) is 23.1 Å². The van der Waals surface area contributed by atoms with Crippen molar-refractivity contribution in [1.29, 1.82) is 0 Å². The van der Waals surface area contributed by atoms with Gasteiger partial charge in [-0.15, -0.1) is 0 Å². The van der Waals surface area contributed by atoms with Gasteiger partial charge in [0.25, 0.3) is 5.91 Å². The second kappa shape index (κ2) is 11.0. The highest BCUT2D eigenvalue weighted by Crippen LogP contribution is 2.40. The van der Waals surface area contributed by atoms with E-state index in [4.69, 9.17) is 25.8 Å². The fourth-order valence-electron chi connectivity index (χ4n) is 3.75. The maximum atomic E-state index is 13.2. The van der Waals surface area contributed by atoms with Gasteiger partial charge in [0, 0.05) is 41.7 Å². The van der Waals surface area contributed by atoms with Gasteiger partial charge in [-0.2, -0.15) is 0 Å². The Morgan fingerprint density at radius 3 is 2.28 bits per heavy atom. The standard InChI is InChI=1S/C25H22ClN3O6.H2O/c1-33-19-10-15(11-20(34-2)24(19)35-3)27-25(32)16-13-29(12-14-6-4-5-7-17(14)26)18-8-9-21(30)28-22(18)23(16)31;/h4-11,13H,12H2,1-3H3,(H,27,32)(H,28,30);1H2. The van der Waals surface area contributed by atoms with Gasteiger partial charge in [-0.1, -0.05) is 29.8 Å². The highest BCUT2D eigenvalue weighted by molar-refractivity contribution is 6.31. The normalized spacial score (nSPS) is 10.4. The summed E-state index contributed by atoms with van der Waals surface area (Å²) in [7, 11) is 4.38. The van der Waals surface area contributed by atoms with Crippen molar-refractivity contribution in [3.05, 3.63) is 91.5 Å². The minimum atomic E-state index is -0.677. The average Bonchev–Trinajstić information content (AvgIpc) is 2.86. The predicted octanol–water partition coefficient (Wildman–Crippen LogP) is 2.84. The number of anilines is 1. The predicted molar refractivity (Wildman–Crippen MR) is 137 cm³/mol. The van der Waals surface area contributed by atoms with Crippen LogP contribution in [-0.4, -0.2) is 42.3 Å². The molecule has 4 rings (SSSR count). The molecule has 10 nitrogen and oxygen atoms in total. The lowest BCUT2D eigenvalue weighted by Crippen LogP contribution is -2.26. The molecule has 0 bridgehead atoms. The number of amides is 1. The maximum Gasteiger partial charge on any atom is 0.261 e. The molecule has 188 valence electrons. The van der Waals surface area contributed by atoms with Crippen molar-refractivity contribution in [3.8, 4) is 17.2 Å². The lowest BCUT2D eigenvalue weighted by Gasteiger charge is -2.16. The third-order valence-corrected chi connectivity index (χ3v) is 5.80. The Morgan fingerprint density at radius 2 is 1.67 bits per heavy atom. The molecule has 0 fully saturated rings. The number of pyridine rings is 2. The van der Waals surface area contributed by atoms with Crippen LogP contribution in [0, 0.1) is 0 Å². The molecule has 2 aromatic heterocycles. The number of halogens is 1. The molecule has 2 aromatic carbocycles. The molecule has 0 atom stereocenters. The second-order valence-corrected chi connectivity index (χ2v) is 7.95. The topological polar surface area (TPSA) is 143 Å². The first-order valence-corrected chi connectivity index (χ1v) is 10.8. The van der Waals surface area contributed by atoms with Gasteiger partial charge in [0.15, 0.2) is 11.5 Å². The molecule has 0 spiro atoms. The van der Waals surface area contributed by atoms with Crippen LogP contribution in [0.15, 0.2) is 64.3 Å². The van der Waals surface area contributed by atoms with Gasteiger partial charge >= 0.3 is 0 Å². The maximum absolute atomic E-state index is 13.2. The summed E-state index contributed by atoms with van der Waals surface area (Å²) in [6.07, 6.45) is 1.44. The number of fused-ring (bicyclic) bond motifs is 1. The lowest BCUT2D eigenvalue weighted by atomic mass is 10.1. The van der Waals surface area contributed by atoms with E-state index in [1.165, 1.54) is 39.7 Å². The van der Waals surface area contributed by atoms with Crippen molar-refractivity contribution in [1.82, 2.24) is 9.55 Å². The number of carbonyl (C=O) groups is 1. The minimum absolute atomic E-state index is 0. The minimum Gasteiger partial charge on any atom is -0.493 e. The SMILES string of the molecule is COc1cc(NC(=O)c2cn(Cc3ccccc3Cl)c3ccc(=O)[nH]c3c2=O)cc(OC)c1OC.O. The summed E-state index contributed by atoms with van der Waals surface area (Å²) in [6.45, 7) is 0.271. The Hall–Kier alpha value is -4.28. The molecule has 4 aromatic rings. The van der Waals surface area contributed by atoms with Crippen molar-refractivity contribution in [2.24, 2.45) is 0 Å². The van der Waals surface area contributed by atoms with Crippen LogP contribution in [0.25, 0.3) is 11.0 Å². The first-order valence-electron chi connectivity index (χ1n) is 10.5. The lowest BCUT2D eigenvalue weighted by molar-refractivity contribution is 0.102. The molecule has 36 heavy (non-hydrogen) atoms. The molecular formula is C25H24ClN3O7. The van der Waals surface area contributed by atoms with Gasteiger partial charge in [-0.25, -0.2) is 0 Å². The van der Waals surface area contributed by atoms with Crippen LogP contribution in [0.1, 0.15) is 15.9 Å². The van der Waals surface area contributed by atoms with Crippen LogP contribution in [0.5, 0.6) is 17.2 Å². The first kappa shape index (κ1) is 26.3. The molecular weight excluding hydrogens is 490 g/mol. The quantitative estimate of drug-likeness (QED) is 0.389. The molecule has 0 aliphatic carbocycles. The van der Waals surface area contributed by atoms with E-state index in [1.807, 2.05) is 18.2 Å². The van der Waals surface area contributed by atoms with E-state index in [0.717, 1.165) is 5.56 Å². The number of H-pyrrole nitrogens is 1. The molecule has 0 aliphatic rings. The fraction of sp³-hybridized carbons (Fsp3) is 0.160. The van der Waals surface area contributed by atoms with E-state index in [2.05, 4.69) is 10.3 Å². The zero-order valence-electron chi connectivity index (χ0n) is 19.7. The van der Waals surface area contributed by atoms with Gasteiger partial charge in [0.1, 0.15) is 11.1 Å². The number of benzene rings is 2. The van der Waals surface area contributed by atoms with E-state index >= 15 is 0 Å². The number of rotatable bonds is 7. The van der Waals surface area contributed by atoms with Crippen LogP contribution >= 0.6 is 11.6 Å². The Labute approximate surface area is 210 Å². The summed E-state index contributed by atoms with van der Waals surface area (Å²) in [5.41, 5.74) is 0.338. The van der Waals surface area contributed by atoms with Crippen LogP contribution in [-0.2, 0) is 6.54 Å². The first-order chi connectivity index (χ1) is 16.9. The van der Waals surface area contributed by atoms with Crippen molar-refractivity contribution < 1.29 is 24.5 Å². The van der Waals surface area contributed by atoms with Crippen molar-refractivity contribution in [2.45, 2.75) is 6.54 Å². The third kappa shape index (κ3) is 5.04. The zero-order chi connectivity index (χ0) is 25.1. The van der Waals surface area contributed by atoms with Crippen LogP contribution in [0.2, 0.25) is 5.02 Å². The molecule has 11 heteroatoms. The summed E-state index contributed by atoms with van der Waals surface area (Å²) in [4.78, 5) is 40.9. The third-order valence-electron chi connectivity index (χ3n) is 5.43. The molecule has 0 radical (unpaired) electrons. The molecule has 1 amide bonds.